The van der Waals surface area contributed by atoms with E-state index in [0.717, 1.165) is 23.3 Å². The number of rotatable bonds is 6. The van der Waals surface area contributed by atoms with Gasteiger partial charge >= 0.3 is 0 Å². The smallest absolute Gasteiger partial charge is 0.251 e. The second kappa shape index (κ2) is 7.21. The van der Waals surface area contributed by atoms with Crippen molar-refractivity contribution < 1.29 is 4.79 Å². The SMILES string of the molecule is C=C(Br)CNC(=O)c1ccc(N(CC)CC)cc1. The summed E-state index contributed by atoms with van der Waals surface area (Å²) in [5.74, 6) is -0.0818. The Kier molecular flexibility index (Phi) is 5.92. The number of nitrogens with one attached hydrogen (secondary N) is 1. The normalized spacial score (nSPS) is 9.94. The van der Waals surface area contributed by atoms with Crippen molar-refractivity contribution >= 4 is 27.5 Å². The lowest BCUT2D eigenvalue weighted by Crippen LogP contribution is -2.25. The van der Waals surface area contributed by atoms with Crippen molar-refractivity contribution in [1.82, 2.24) is 5.32 Å². The van der Waals surface area contributed by atoms with Gasteiger partial charge in [0.25, 0.3) is 5.91 Å². The molecule has 0 bridgehead atoms. The Morgan fingerprint density at radius 1 is 1.28 bits per heavy atom. The van der Waals surface area contributed by atoms with Gasteiger partial charge in [0.05, 0.1) is 0 Å². The van der Waals surface area contributed by atoms with E-state index in [4.69, 9.17) is 0 Å². The van der Waals surface area contributed by atoms with Crippen LogP contribution in [0.15, 0.2) is 35.3 Å². The van der Waals surface area contributed by atoms with E-state index in [1.54, 1.807) is 0 Å². The average molecular weight is 311 g/mol. The fourth-order valence-electron chi connectivity index (χ4n) is 1.69. The molecule has 1 amide bonds. The van der Waals surface area contributed by atoms with Crippen molar-refractivity contribution in [2.24, 2.45) is 0 Å². The summed E-state index contributed by atoms with van der Waals surface area (Å²) in [5.41, 5.74) is 1.81. The quantitative estimate of drug-likeness (QED) is 0.875. The monoisotopic (exact) mass is 310 g/mol. The first kappa shape index (κ1) is 14.8. The summed E-state index contributed by atoms with van der Waals surface area (Å²) < 4.78 is 0.760. The predicted octanol–water partition coefficient (Wildman–Crippen LogP) is 3.17. The highest BCUT2D eigenvalue weighted by Gasteiger charge is 2.06. The molecule has 0 saturated heterocycles. The zero-order valence-corrected chi connectivity index (χ0v) is 12.5. The van der Waals surface area contributed by atoms with E-state index in [1.807, 2.05) is 24.3 Å². The van der Waals surface area contributed by atoms with Crippen molar-refractivity contribution in [3.05, 3.63) is 40.9 Å². The number of carbonyl (C=O) groups excluding carboxylic acids is 1. The second-order valence-electron chi connectivity index (χ2n) is 3.92. The number of nitrogens with zero attached hydrogens (tertiary/aromatic N) is 1. The summed E-state index contributed by atoms with van der Waals surface area (Å²) in [6.07, 6.45) is 0. The van der Waals surface area contributed by atoms with Crippen LogP contribution in [0.3, 0.4) is 0 Å². The van der Waals surface area contributed by atoms with Crippen LogP contribution >= 0.6 is 15.9 Å². The maximum atomic E-state index is 11.8. The van der Waals surface area contributed by atoms with Crippen LogP contribution in [-0.4, -0.2) is 25.5 Å². The van der Waals surface area contributed by atoms with E-state index in [0.29, 0.717) is 12.1 Å². The molecule has 0 saturated carbocycles. The van der Waals surface area contributed by atoms with Crippen molar-refractivity contribution in [1.29, 1.82) is 0 Å². The summed E-state index contributed by atoms with van der Waals surface area (Å²) in [6.45, 7) is 10.3. The van der Waals surface area contributed by atoms with Crippen LogP contribution < -0.4 is 10.2 Å². The van der Waals surface area contributed by atoms with Crippen LogP contribution in [0.25, 0.3) is 0 Å². The number of amides is 1. The lowest BCUT2D eigenvalue weighted by atomic mass is 10.2. The summed E-state index contributed by atoms with van der Waals surface area (Å²) >= 11 is 3.21. The average Bonchev–Trinajstić information content (AvgIpc) is 2.38. The molecule has 1 aromatic carbocycles. The molecule has 0 fully saturated rings. The molecule has 0 aliphatic heterocycles. The summed E-state index contributed by atoms with van der Waals surface area (Å²) in [6, 6.07) is 7.65. The molecule has 0 aromatic heterocycles. The largest absolute Gasteiger partial charge is 0.372 e. The summed E-state index contributed by atoms with van der Waals surface area (Å²) in [5, 5.41) is 2.78. The van der Waals surface area contributed by atoms with Crippen molar-refractivity contribution in [3.8, 4) is 0 Å². The second-order valence-corrected chi connectivity index (χ2v) is 5.04. The Bertz CT molecular complexity index is 410. The highest BCUT2D eigenvalue weighted by Crippen LogP contribution is 2.14. The molecule has 0 atom stereocenters. The minimum atomic E-state index is -0.0818. The fourth-order valence-corrected chi connectivity index (χ4v) is 1.83. The highest BCUT2D eigenvalue weighted by molar-refractivity contribution is 9.11. The highest BCUT2D eigenvalue weighted by atomic mass is 79.9. The Labute approximate surface area is 117 Å². The Morgan fingerprint density at radius 3 is 2.28 bits per heavy atom. The summed E-state index contributed by atoms with van der Waals surface area (Å²) in [4.78, 5) is 14.0. The van der Waals surface area contributed by atoms with E-state index >= 15 is 0 Å². The maximum absolute atomic E-state index is 11.8. The molecule has 0 spiro atoms. The lowest BCUT2D eigenvalue weighted by molar-refractivity contribution is 0.0958. The molecule has 1 aromatic rings. The van der Waals surface area contributed by atoms with E-state index in [-0.39, 0.29) is 5.91 Å². The molecule has 4 heteroatoms. The first-order valence-corrected chi connectivity index (χ1v) is 6.84. The number of benzene rings is 1. The Balaban J connectivity index is 2.70. The van der Waals surface area contributed by atoms with E-state index in [9.17, 15) is 4.79 Å². The number of hydrogen-bond donors (Lipinski definition) is 1. The molecule has 3 nitrogen and oxygen atoms in total. The van der Waals surface area contributed by atoms with E-state index in [1.165, 1.54) is 0 Å². The predicted molar refractivity (Wildman–Crippen MR) is 80.4 cm³/mol. The molecule has 0 aliphatic rings. The number of hydrogen-bond acceptors (Lipinski definition) is 2. The van der Waals surface area contributed by atoms with Gasteiger partial charge in [-0.1, -0.05) is 22.5 Å². The van der Waals surface area contributed by atoms with Gasteiger partial charge in [-0.05, 0) is 38.1 Å². The van der Waals surface area contributed by atoms with Gasteiger partial charge in [-0.2, -0.15) is 0 Å². The zero-order chi connectivity index (χ0) is 13.5. The molecular formula is C14H19BrN2O. The van der Waals surface area contributed by atoms with Crippen molar-refractivity contribution in [2.45, 2.75) is 13.8 Å². The van der Waals surface area contributed by atoms with Gasteiger partial charge in [0.2, 0.25) is 0 Å². The molecule has 0 heterocycles. The zero-order valence-electron chi connectivity index (χ0n) is 10.9. The minimum Gasteiger partial charge on any atom is -0.372 e. The van der Waals surface area contributed by atoms with Gasteiger partial charge in [-0.3, -0.25) is 4.79 Å². The summed E-state index contributed by atoms with van der Waals surface area (Å²) in [7, 11) is 0. The van der Waals surface area contributed by atoms with E-state index < -0.39 is 0 Å². The Hall–Kier alpha value is -1.29. The van der Waals surface area contributed by atoms with Gasteiger partial charge in [0.1, 0.15) is 0 Å². The molecule has 0 unspecified atom stereocenters. The van der Waals surface area contributed by atoms with Crippen molar-refractivity contribution in [3.63, 3.8) is 0 Å². The number of halogens is 1. The molecule has 0 aliphatic carbocycles. The maximum Gasteiger partial charge on any atom is 0.251 e. The first-order valence-electron chi connectivity index (χ1n) is 6.05. The standard InChI is InChI=1S/C14H19BrN2O/c1-4-17(5-2)13-8-6-12(7-9-13)14(18)16-10-11(3)15/h6-9H,3-5,10H2,1-2H3,(H,16,18). The molecule has 98 valence electrons. The molecule has 1 rings (SSSR count). The number of anilines is 1. The van der Waals surface area contributed by atoms with Crippen LogP contribution in [0.4, 0.5) is 5.69 Å². The van der Waals surface area contributed by atoms with Crippen molar-refractivity contribution in [2.75, 3.05) is 24.5 Å². The van der Waals surface area contributed by atoms with Gasteiger partial charge in [0.15, 0.2) is 0 Å². The van der Waals surface area contributed by atoms with Gasteiger partial charge in [-0.25, -0.2) is 0 Å². The lowest BCUT2D eigenvalue weighted by Gasteiger charge is -2.21. The molecule has 1 N–H and O–H groups in total. The fraction of sp³-hybridized carbons (Fsp3) is 0.357. The minimum absolute atomic E-state index is 0.0818. The topological polar surface area (TPSA) is 32.3 Å². The van der Waals surface area contributed by atoms with Crippen LogP contribution in [0.5, 0.6) is 0 Å². The van der Waals surface area contributed by atoms with Gasteiger partial charge in [-0.15, -0.1) is 0 Å². The molecule has 18 heavy (non-hydrogen) atoms. The number of carbonyl (C=O) groups is 1. The third-order valence-corrected chi connectivity index (χ3v) is 2.98. The third kappa shape index (κ3) is 4.18. The van der Waals surface area contributed by atoms with Crippen LogP contribution in [-0.2, 0) is 0 Å². The molecular weight excluding hydrogens is 292 g/mol. The van der Waals surface area contributed by atoms with Gasteiger partial charge < -0.3 is 10.2 Å². The van der Waals surface area contributed by atoms with Gasteiger partial charge in [0, 0.05) is 35.4 Å². The van der Waals surface area contributed by atoms with Crippen LogP contribution in [0, 0.1) is 0 Å². The van der Waals surface area contributed by atoms with Crippen LogP contribution in [0.2, 0.25) is 0 Å². The molecule has 0 radical (unpaired) electrons. The third-order valence-electron chi connectivity index (χ3n) is 2.70. The van der Waals surface area contributed by atoms with E-state index in [2.05, 4.69) is 46.6 Å². The Morgan fingerprint density at radius 2 is 1.83 bits per heavy atom. The first-order chi connectivity index (χ1) is 8.58. The van der Waals surface area contributed by atoms with Crippen LogP contribution in [0.1, 0.15) is 24.2 Å².